The second-order valence-electron chi connectivity index (χ2n) is 5.45. The summed E-state index contributed by atoms with van der Waals surface area (Å²) in [5, 5.41) is 20.1. The molecule has 1 saturated heterocycles. The number of phenolic OH excluding ortho intramolecular Hbond substituents is 1. The van der Waals surface area contributed by atoms with Crippen LogP contribution in [0.25, 0.3) is 0 Å². The van der Waals surface area contributed by atoms with Gasteiger partial charge in [0.05, 0.1) is 5.60 Å². The van der Waals surface area contributed by atoms with Gasteiger partial charge in [-0.1, -0.05) is 6.07 Å². The minimum Gasteiger partial charge on any atom is -0.508 e. The van der Waals surface area contributed by atoms with Gasteiger partial charge in [0.1, 0.15) is 5.75 Å². The van der Waals surface area contributed by atoms with Crippen molar-refractivity contribution in [2.75, 3.05) is 26.8 Å². The molecule has 5 heteroatoms. The number of amides is 1. The fourth-order valence-electron chi connectivity index (χ4n) is 2.48. The van der Waals surface area contributed by atoms with E-state index >= 15 is 0 Å². The summed E-state index contributed by atoms with van der Waals surface area (Å²) in [4.78, 5) is 13.9. The van der Waals surface area contributed by atoms with Gasteiger partial charge in [0.2, 0.25) is 0 Å². The van der Waals surface area contributed by atoms with E-state index in [0.717, 1.165) is 0 Å². The summed E-state index contributed by atoms with van der Waals surface area (Å²) in [7, 11) is 1.67. The number of likely N-dealkylation sites (N-methyl/N-ethyl adjacent to an activating group) is 1. The molecule has 0 unspecified atom stereocenters. The van der Waals surface area contributed by atoms with E-state index in [4.69, 9.17) is 4.74 Å². The zero-order valence-corrected chi connectivity index (χ0v) is 11.9. The molecule has 0 aromatic heterocycles. The first-order chi connectivity index (χ1) is 9.43. The standard InChI is InChI=1S/C15H21NO4/c1-11-12(4-3-5-13(11)17)14(18)16(2)10-15(19)6-8-20-9-7-15/h3-5,17,19H,6-10H2,1-2H3. The van der Waals surface area contributed by atoms with Crippen molar-refractivity contribution >= 4 is 5.91 Å². The van der Waals surface area contributed by atoms with E-state index in [1.165, 1.54) is 4.90 Å². The first-order valence-electron chi connectivity index (χ1n) is 6.77. The van der Waals surface area contributed by atoms with Crippen molar-refractivity contribution in [2.45, 2.75) is 25.4 Å². The van der Waals surface area contributed by atoms with Crippen molar-refractivity contribution in [1.82, 2.24) is 4.90 Å². The van der Waals surface area contributed by atoms with Crippen LogP contribution < -0.4 is 0 Å². The number of rotatable bonds is 3. The Kier molecular flexibility index (Phi) is 4.30. The van der Waals surface area contributed by atoms with Gasteiger partial charge >= 0.3 is 0 Å². The van der Waals surface area contributed by atoms with E-state index in [0.29, 0.717) is 37.2 Å². The first kappa shape index (κ1) is 14.8. The lowest BCUT2D eigenvalue weighted by Crippen LogP contribution is -2.47. The molecule has 1 aliphatic rings. The zero-order valence-electron chi connectivity index (χ0n) is 11.9. The number of hydrogen-bond donors (Lipinski definition) is 2. The molecule has 0 radical (unpaired) electrons. The maximum atomic E-state index is 12.4. The number of carbonyl (C=O) groups is 1. The molecule has 2 N–H and O–H groups in total. The second kappa shape index (κ2) is 5.81. The van der Waals surface area contributed by atoms with Crippen molar-refractivity contribution in [1.29, 1.82) is 0 Å². The van der Waals surface area contributed by atoms with Crippen molar-refractivity contribution in [2.24, 2.45) is 0 Å². The third kappa shape index (κ3) is 3.11. The van der Waals surface area contributed by atoms with Crippen LogP contribution in [-0.2, 0) is 4.74 Å². The van der Waals surface area contributed by atoms with E-state index in [9.17, 15) is 15.0 Å². The number of nitrogens with zero attached hydrogens (tertiary/aromatic N) is 1. The molecule has 0 aliphatic carbocycles. The lowest BCUT2D eigenvalue weighted by atomic mass is 9.93. The molecule has 2 rings (SSSR count). The number of hydrogen-bond acceptors (Lipinski definition) is 4. The highest BCUT2D eigenvalue weighted by Crippen LogP contribution is 2.24. The third-order valence-corrected chi connectivity index (χ3v) is 3.84. The minimum atomic E-state index is -0.882. The first-order valence-corrected chi connectivity index (χ1v) is 6.77. The van der Waals surface area contributed by atoms with Gasteiger partial charge in [-0.3, -0.25) is 4.79 Å². The predicted octanol–water partition coefficient (Wildman–Crippen LogP) is 1.31. The van der Waals surface area contributed by atoms with Crippen LogP contribution in [0, 0.1) is 6.92 Å². The van der Waals surface area contributed by atoms with Crippen molar-refractivity contribution in [3.05, 3.63) is 29.3 Å². The number of aliphatic hydroxyl groups is 1. The molecular weight excluding hydrogens is 258 g/mol. The van der Waals surface area contributed by atoms with Crippen LogP contribution in [-0.4, -0.2) is 53.4 Å². The summed E-state index contributed by atoms with van der Waals surface area (Å²) in [6.45, 7) is 3.01. The zero-order chi connectivity index (χ0) is 14.8. The average Bonchev–Trinajstić information content (AvgIpc) is 2.41. The summed E-state index contributed by atoms with van der Waals surface area (Å²) in [6.07, 6.45) is 1.06. The Bertz CT molecular complexity index is 495. The largest absolute Gasteiger partial charge is 0.508 e. The van der Waals surface area contributed by atoms with Gasteiger partial charge in [0.15, 0.2) is 0 Å². The van der Waals surface area contributed by atoms with Crippen LogP contribution in [0.5, 0.6) is 5.75 Å². The molecule has 0 spiro atoms. The summed E-state index contributed by atoms with van der Waals surface area (Å²) in [5.74, 6) is -0.0904. The van der Waals surface area contributed by atoms with E-state index in [1.54, 1.807) is 32.2 Å². The summed E-state index contributed by atoms with van der Waals surface area (Å²) in [5.41, 5.74) is 0.138. The van der Waals surface area contributed by atoms with Gasteiger partial charge in [-0.25, -0.2) is 0 Å². The summed E-state index contributed by atoms with van der Waals surface area (Å²) >= 11 is 0. The molecule has 1 aromatic rings. The number of benzene rings is 1. The van der Waals surface area contributed by atoms with Gasteiger partial charge in [0.25, 0.3) is 5.91 Å². The summed E-state index contributed by atoms with van der Waals surface area (Å²) in [6, 6.07) is 4.88. The van der Waals surface area contributed by atoms with Crippen molar-refractivity contribution < 1.29 is 19.7 Å². The quantitative estimate of drug-likeness (QED) is 0.875. The van der Waals surface area contributed by atoms with Crippen molar-refractivity contribution in [3.8, 4) is 5.75 Å². The Morgan fingerprint density at radius 1 is 1.40 bits per heavy atom. The number of carbonyl (C=O) groups excluding carboxylic acids is 1. The smallest absolute Gasteiger partial charge is 0.254 e. The Hall–Kier alpha value is -1.59. The Balaban J connectivity index is 2.10. The molecule has 1 aliphatic heterocycles. The molecule has 0 saturated carbocycles. The number of phenols is 1. The number of ether oxygens (including phenoxy) is 1. The molecule has 1 fully saturated rings. The molecule has 20 heavy (non-hydrogen) atoms. The van der Waals surface area contributed by atoms with Crippen LogP contribution in [0.1, 0.15) is 28.8 Å². The molecule has 110 valence electrons. The predicted molar refractivity (Wildman–Crippen MR) is 74.8 cm³/mol. The highest BCUT2D eigenvalue weighted by Gasteiger charge is 2.32. The summed E-state index contributed by atoms with van der Waals surface area (Å²) < 4.78 is 5.23. The second-order valence-corrected chi connectivity index (χ2v) is 5.45. The normalized spacial score (nSPS) is 17.8. The third-order valence-electron chi connectivity index (χ3n) is 3.84. The van der Waals surface area contributed by atoms with Gasteiger partial charge in [-0.2, -0.15) is 0 Å². The Morgan fingerprint density at radius 3 is 2.70 bits per heavy atom. The molecule has 1 aromatic carbocycles. The van der Waals surface area contributed by atoms with E-state index < -0.39 is 5.60 Å². The maximum absolute atomic E-state index is 12.4. The molecular formula is C15H21NO4. The molecule has 5 nitrogen and oxygen atoms in total. The Morgan fingerprint density at radius 2 is 2.05 bits per heavy atom. The highest BCUT2D eigenvalue weighted by molar-refractivity contribution is 5.96. The fraction of sp³-hybridized carbons (Fsp3) is 0.533. The number of aromatic hydroxyl groups is 1. The van der Waals surface area contributed by atoms with Gasteiger partial charge in [0, 0.05) is 50.8 Å². The molecule has 0 atom stereocenters. The lowest BCUT2D eigenvalue weighted by Gasteiger charge is -2.35. The van der Waals surface area contributed by atoms with E-state index in [1.807, 2.05) is 0 Å². The molecule has 1 amide bonds. The van der Waals surface area contributed by atoms with E-state index in [-0.39, 0.29) is 18.2 Å². The van der Waals surface area contributed by atoms with E-state index in [2.05, 4.69) is 0 Å². The van der Waals surface area contributed by atoms with Gasteiger partial charge < -0.3 is 19.8 Å². The van der Waals surface area contributed by atoms with Crippen molar-refractivity contribution in [3.63, 3.8) is 0 Å². The van der Waals surface area contributed by atoms with Crippen LogP contribution in [0.3, 0.4) is 0 Å². The topological polar surface area (TPSA) is 70.0 Å². The van der Waals surface area contributed by atoms with Crippen LogP contribution >= 0.6 is 0 Å². The average molecular weight is 279 g/mol. The minimum absolute atomic E-state index is 0.106. The maximum Gasteiger partial charge on any atom is 0.254 e. The van der Waals surface area contributed by atoms with Crippen LogP contribution in [0.15, 0.2) is 18.2 Å². The fourth-order valence-corrected chi connectivity index (χ4v) is 2.48. The monoisotopic (exact) mass is 279 g/mol. The highest BCUT2D eigenvalue weighted by atomic mass is 16.5. The Labute approximate surface area is 118 Å². The van der Waals surface area contributed by atoms with Crippen LogP contribution in [0.4, 0.5) is 0 Å². The molecule has 1 heterocycles. The lowest BCUT2D eigenvalue weighted by molar-refractivity contribution is -0.0734. The van der Waals surface area contributed by atoms with Gasteiger partial charge in [-0.15, -0.1) is 0 Å². The van der Waals surface area contributed by atoms with Gasteiger partial charge in [-0.05, 0) is 19.1 Å². The van der Waals surface area contributed by atoms with Crippen LogP contribution in [0.2, 0.25) is 0 Å². The SMILES string of the molecule is Cc1c(O)cccc1C(=O)N(C)CC1(O)CCOCC1. The molecule has 0 bridgehead atoms.